The van der Waals surface area contributed by atoms with Gasteiger partial charge in [-0.3, -0.25) is 0 Å². The number of carbonyl (C=O) groups is 1. The van der Waals surface area contributed by atoms with Crippen LogP contribution in [0.2, 0.25) is 0 Å². The van der Waals surface area contributed by atoms with Gasteiger partial charge in [0.2, 0.25) is 0 Å². The second-order valence-electron chi connectivity index (χ2n) is 1.95. The lowest BCUT2D eigenvalue weighted by Gasteiger charge is -2.00. The van der Waals surface area contributed by atoms with Gasteiger partial charge in [0.15, 0.2) is 0 Å². The first kappa shape index (κ1) is 9.56. The quantitative estimate of drug-likeness (QED) is 0.387. The van der Waals surface area contributed by atoms with Gasteiger partial charge in [-0.1, -0.05) is 6.92 Å². The molecule has 0 aliphatic heterocycles. The molecule has 0 bridgehead atoms. The zero-order valence-electron chi connectivity index (χ0n) is 6.26. The van der Waals surface area contributed by atoms with Crippen LogP contribution in [-0.4, -0.2) is 12.6 Å². The van der Waals surface area contributed by atoms with Crippen molar-refractivity contribution in [1.82, 2.24) is 0 Å². The Morgan fingerprint density at radius 1 is 1.70 bits per heavy atom. The SMILES string of the molecule is CCCOC(=O)C(C)=CS. The third-order valence-corrected chi connectivity index (χ3v) is 1.34. The van der Waals surface area contributed by atoms with E-state index in [1.54, 1.807) is 6.92 Å². The van der Waals surface area contributed by atoms with Crippen molar-refractivity contribution in [2.24, 2.45) is 0 Å². The van der Waals surface area contributed by atoms with Gasteiger partial charge in [0.05, 0.1) is 6.61 Å². The Morgan fingerprint density at radius 2 is 2.30 bits per heavy atom. The van der Waals surface area contributed by atoms with Gasteiger partial charge in [-0.2, -0.15) is 12.6 Å². The van der Waals surface area contributed by atoms with E-state index in [9.17, 15) is 4.79 Å². The van der Waals surface area contributed by atoms with Gasteiger partial charge in [0.25, 0.3) is 0 Å². The molecule has 2 nitrogen and oxygen atoms in total. The first-order valence-electron chi connectivity index (χ1n) is 3.20. The van der Waals surface area contributed by atoms with Crippen LogP contribution in [0.4, 0.5) is 0 Å². The highest BCUT2D eigenvalue weighted by Crippen LogP contribution is 1.98. The van der Waals surface area contributed by atoms with Gasteiger partial charge < -0.3 is 4.74 Å². The maximum atomic E-state index is 10.8. The first-order valence-corrected chi connectivity index (χ1v) is 3.72. The third-order valence-electron chi connectivity index (χ3n) is 0.953. The summed E-state index contributed by atoms with van der Waals surface area (Å²) in [5.41, 5.74) is 0.539. The van der Waals surface area contributed by atoms with Gasteiger partial charge in [-0.15, -0.1) is 0 Å². The van der Waals surface area contributed by atoms with Crippen molar-refractivity contribution < 1.29 is 9.53 Å². The van der Waals surface area contributed by atoms with E-state index in [1.807, 2.05) is 6.92 Å². The van der Waals surface area contributed by atoms with Gasteiger partial charge in [0, 0.05) is 5.57 Å². The minimum absolute atomic E-state index is 0.281. The topological polar surface area (TPSA) is 26.3 Å². The van der Waals surface area contributed by atoms with Crippen molar-refractivity contribution in [3.63, 3.8) is 0 Å². The molecule has 0 atom stereocenters. The van der Waals surface area contributed by atoms with Gasteiger partial charge in [0.1, 0.15) is 0 Å². The van der Waals surface area contributed by atoms with Crippen molar-refractivity contribution in [2.45, 2.75) is 20.3 Å². The molecule has 0 heterocycles. The minimum atomic E-state index is -0.281. The highest BCUT2D eigenvalue weighted by molar-refractivity contribution is 7.83. The second kappa shape index (κ2) is 5.35. The van der Waals surface area contributed by atoms with E-state index in [4.69, 9.17) is 4.74 Å². The van der Waals surface area contributed by atoms with Crippen molar-refractivity contribution in [2.75, 3.05) is 6.61 Å². The summed E-state index contributed by atoms with van der Waals surface area (Å²) in [5.74, 6) is -0.281. The summed E-state index contributed by atoms with van der Waals surface area (Å²) < 4.78 is 4.79. The lowest BCUT2D eigenvalue weighted by molar-refractivity contribution is -0.138. The molecule has 0 spiro atoms. The van der Waals surface area contributed by atoms with E-state index in [0.29, 0.717) is 12.2 Å². The molecule has 0 rings (SSSR count). The first-order chi connectivity index (χ1) is 4.72. The smallest absolute Gasteiger partial charge is 0.334 e. The summed E-state index contributed by atoms with van der Waals surface area (Å²) in [6.45, 7) is 4.11. The van der Waals surface area contributed by atoms with Crippen molar-refractivity contribution in [3.05, 3.63) is 11.0 Å². The Labute approximate surface area is 66.7 Å². The molecule has 0 radical (unpaired) electrons. The maximum absolute atomic E-state index is 10.8. The predicted molar refractivity (Wildman–Crippen MR) is 44.0 cm³/mol. The molecule has 0 saturated heterocycles. The van der Waals surface area contributed by atoms with Gasteiger partial charge >= 0.3 is 5.97 Å². The molecule has 0 aromatic carbocycles. The van der Waals surface area contributed by atoms with Crippen LogP contribution in [0.3, 0.4) is 0 Å². The summed E-state index contributed by atoms with van der Waals surface area (Å²) >= 11 is 3.81. The summed E-state index contributed by atoms with van der Waals surface area (Å²) in [6, 6.07) is 0. The highest BCUT2D eigenvalue weighted by Gasteiger charge is 2.01. The number of thiol groups is 1. The largest absolute Gasteiger partial charge is 0.462 e. The van der Waals surface area contributed by atoms with Crippen molar-refractivity contribution in [1.29, 1.82) is 0 Å². The molecular weight excluding hydrogens is 148 g/mol. The number of carbonyl (C=O) groups excluding carboxylic acids is 1. The fourth-order valence-electron chi connectivity index (χ4n) is 0.361. The number of hydrogen-bond acceptors (Lipinski definition) is 3. The molecule has 0 amide bonds. The summed E-state index contributed by atoms with van der Waals surface area (Å²) in [6.07, 6.45) is 0.853. The fourth-order valence-corrected chi connectivity index (χ4v) is 0.467. The van der Waals surface area contributed by atoms with E-state index in [0.717, 1.165) is 6.42 Å². The number of esters is 1. The molecule has 0 aliphatic rings. The molecule has 3 heteroatoms. The van der Waals surface area contributed by atoms with Crippen LogP contribution in [0.15, 0.2) is 11.0 Å². The molecule has 0 unspecified atom stereocenters. The number of ether oxygens (including phenoxy) is 1. The van der Waals surface area contributed by atoms with Crippen LogP contribution in [0.25, 0.3) is 0 Å². The van der Waals surface area contributed by atoms with Crippen LogP contribution in [0.1, 0.15) is 20.3 Å². The Bertz CT molecular complexity index is 141. The molecule has 0 N–H and O–H groups in total. The van der Waals surface area contributed by atoms with Crippen LogP contribution in [-0.2, 0) is 9.53 Å². The molecule has 10 heavy (non-hydrogen) atoms. The van der Waals surface area contributed by atoms with Crippen LogP contribution < -0.4 is 0 Å². The standard InChI is InChI=1S/C7H12O2S/c1-3-4-9-7(8)6(2)5-10/h5,10H,3-4H2,1-2H3. The maximum Gasteiger partial charge on any atom is 0.334 e. The summed E-state index contributed by atoms with van der Waals surface area (Å²) in [7, 11) is 0. The Balaban J connectivity index is 3.63. The van der Waals surface area contributed by atoms with E-state index in [1.165, 1.54) is 5.41 Å². The monoisotopic (exact) mass is 160 g/mol. The highest BCUT2D eigenvalue weighted by atomic mass is 32.1. The van der Waals surface area contributed by atoms with E-state index in [-0.39, 0.29) is 5.97 Å². The zero-order chi connectivity index (χ0) is 7.98. The van der Waals surface area contributed by atoms with E-state index < -0.39 is 0 Å². The molecule has 0 aromatic heterocycles. The Hall–Kier alpha value is -0.440. The van der Waals surface area contributed by atoms with Gasteiger partial charge in [-0.25, -0.2) is 4.79 Å². The van der Waals surface area contributed by atoms with E-state index >= 15 is 0 Å². The van der Waals surface area contributed by atoms with Crippen molar-refractivity contribution >= 4 is 18.6 Å². The second-order valence-corrected chi connectivity index (χ2v) is 2.21. The Morgan fingerprint density at radius 3 is 2.70 bits per heavy atom. The average Bonchev–Trinajstić information content (AvgIpc) is 1.98. The Kier molecular flexibility index (Phi) is 5.12. The predicted octanol–water partition coefficient (Wildman–Crippen LogP) is 1.77. The lowest BCUT2D eigenvalue weighted by atomic mass is 10.4. The molecule has 0 saturated carbocycles. The molecule has 0 aliphatic carbocycles. The number of rotatable bonds is 3. The lowest BCUT2D eigenvalue weighted by Crippen LogP contribution is -2.05. The minimum Gasteiger partial charge on any atom is -0.462 e. The molecule has 58 valence electrons. The molecule has 0 fully saturated rings. The van der Waals surface area contributed by atoms with Crippen molar-refractivity contribution in [3.8, 4) is 0 Å². The average molecular weight is 160 g/mol. The summed E-state index contributed by atoms with van der Waals surface area (Å²) in [5, 5.41) is 1.44. The van der Waals surface area contributed by atoms with Gasteiger partial charge in [-0.05, 0) is 18.8 Å². The van der Waals surface area contributed by atoms with Crippen LogP contribution >= 0.6 is 12.6 Å². The molecule has 0 aromatic rings. The van der Waals surface area contributed by atoms with E-state index in [2.05, 4.69) is 12.6 Å². The van der Waals surface area contributed by atoms with Crippen LogP contribution in [0.5, 0.6) is 0 Å². The van der Waals surface area contributed by atoms with Crippen LogP contribution in [0, 0.1) is 0 Å². The zero-order valence-corrected chi connectivity index (χ0v) is 7.15. The normalized spacial score (nSPS) is 11.3. The third kappa shape index (κ3) is 3.56. The fraction of sp³-hybridized carbons (Fsp3) is 0.571. The molecular formula is C7H12O2S. The number of hydrogen-bond donors (Lipinski definition) is 1. The summed E-state index contributed by atoms with van der Waals surface area (Å²) in [4.78, 5) is 10.8.